The lowest BCUT2D eigenvalue weighted by Crippen LogP contribution is -2.31. The summed E-state index contributed by atoms with van der Waals surface area (Å²) in [4.78, 5) is 12.7. The normalized spacial score (nSPS) is 11.6. The number of carbonyl (C=O) groups excluding carboxylic acids is 1. The van der Waals surface area contributed by atoms with Crippen LogP contribution < -0.4 is 10.6 Å². The number of carbonyl (C=O) groups is 1. The van der Waals surface area contributed by atoms with Crippen molar-refractivity contribution >= 4 is 38.1 Å². The van der Waals surface area contributed by atoms with Crippen LogP contribution in [-0.2, 0) is 14.8 Å². The van der Waals surface area contributed by atoms with Gasteiger partial charge in [-0.25, -0.2) is 8.42 Å². The van der Waals surface area contributed by atoms with E-state index in [4.69, 9.17) is 0 Å². The summed E-state index contributed by atoms with van der Waals surface area (Å²) in [5, 5.41) is 7.97. The average Bonchev–Trinajstić information content (AvgIpc) is 2.74. The van der Waals surface area contributed by atoms with E-state index in [0.717, 1.165) is 16.5 Å². The molecule has 0 aliphatic carbocycles. The molecular formula is C23H27N3O3S. The Morgan fingerprint density at radius 1 is 0.967 bits per heavy atom. The first kappa shape index (κ1) is 21.8. The Hall–Kier alpha value is -2.90. The van der Waals surface area contributed by atoms with E-state index in [1.165, 1.54) is 4.31 Å². The lowest BCUT2D eigenvalue weighted by molar-refractivity contribution is -0.114. The number of hydrogen-bond acceptors (Lipinski definition) is 4. The molecule has 0 unspecified atom stereocenters. The van der Waals surface area contributed by atoms with Crippen molar-refractivity contribution in [3.8, 4) is 0 Å². The Kier molecular flexibility index (Phi) is 6.74. The summed E-state index contributed by atoms with van der Waals surface area (Å²) in [5.41, 5.74) is 2.00. The zero-order chi connectivity index (χ0) is 21.7. The summed E-state index contributed by atoms with van der Waals surface area (Å²) >= 11 is 0. The maximum absolute atomic E-state index is 12.9. The molecule has 0 fully saturated rings. The Labute approximate surface area is 178 Å². The molecule has 3 aromatic rings. The van der Waals surface area contributed by atoms with Gasteiger partial charge in [0.15, 0.2) is 0 Å². The highest BCUT2D eigenvalue weighted by molar-refractivity contribution is 7.89. The molecule has 158 valence electrons. The van der Waals surface area contributed by atoms with Gasteiger partial charge in [-0.05, 0) is 36.1 Å². The number of benzene rings is 3. The third-order valence-electron chi connectivity index (χ3n) is 5.03. The summed E-state index contributed by atoms with van der Waals surface area (Å²) in [6.45, 7) is 6.24. The molecule has 0 bridgehead atoms. The lowest BCUT2D eigenvalue weighted by Gasteiger charge is -2.20. The Morgan fingerprint density at radius 2 is 1.67 bits per heavy atom. The topological polar surface area (TPSA) is 78.5 Å². The zero-order valence-electron chi connectivity index (χ0n) is 17.5. The van der Waals surface area contributed by atoms with Crippen molar-refractivity contribution in [2.45, 2.75) is 25.7 Å². The van der Waals surface area contributed by atoms with Gasteiger partial charge in [0.05, 0.1) is 11.4 Å². The minimum absolute atomic E-state index is 0.0248. The maximum atomic E-state index is 12.9. The van der Waals surface area contributed by atoms with Gasteiger partial charge in [-0.2, -0.15) is 4.31 Å². The molecule has 3 aromatic carbocycles. The van der Waals surface area contributed by atoms with Crippen LogP contribution >= 0.6 is 0 Å². The van der Waals surface area contributed by atoms with E-state index in [-0.39, 0.29) is 17.3 Å². The number of anilines is 2. The minimum Gasteiger partial charge on any atom is -0.376 e. The smallest absolute Gasteiger partial charge is 0.243 e. The Bertz CT molecular complexity index is 1150. The summed E-state index contributed by atoms with van der Waals surface area (Å²) in [6.07, 6.45) is 0. The number of amides is 1. The van der Waals surface area contributed by atoms with Gasteiger partial charge in [0.1, 0.15) is 0 Å². The van der Waals surface area contributed by atoms with Crippen LogP contribution in [0.25, 0.3) is 10.8 Å². The zero-order valence-corrected chi connectivity index (χ0v) is 18.3. The number of nitrogens with one attached hydrogen (secondary N) is 2. The molecule has 0 radical (unpaired) electrons. The molecule has 30 heavy (non-hydrogen) atoms. The molecule has 0 aliphatic heterocycles. The second-order valence-electron chi connectivity index (χ2n) is 7.00. The van der Waals surface area contributed by atoms with Crippen molar-refractivity contribution in [1.29, 1.82) is 0 Å². The van der Waals surface area contributed by atoms with E-state index in [1.54, 1.807) is 25.1 Å². The fourth-order valence-electron chi connectivity index (χ4n) is 3.40. The second kappa shape index (κ2) is 9.28. The van der Waals surface area contributed by atoms with Crippen LogP contribution in [0.2, 0.25) is 0 Å². The van der Waals surface area contributed by atoms with Gasteiger partial charge < -0.3 is 10.6 Å². The summed E-state index contributed by atoms with van der Waals surface area (Å²) in [5.74, 6) is -0.208. The first-order chi connectivity index (χ1) is 14.4. The maximum Gasteiger partial charge on any atom is 0.243 e. The van der Waals surface area contributed by atoms with Crippen molar-refractivity contribution in [1.82, 2.24) is 4.31 Å². The highest BCUT2D eigenvalue weighted by Crippen LogP contribution is 2.24. The number of rotatable bonds is 8. The predicted octanol–water partition coefficient (Wildman–Crippen LogP) is 4.23. The molecule has 7 heteroatoms. The number of nitrogens with zero attached hydrogens (tertiary/aromatic N) is 1. The molecule has 6 nitrogen and oxygen atoms in total. The first-order valence-corrected chi connectivity index (χ1v) is 11.4. The minimum atomic E-state index is -3.57. The quantitative estimate of drug-likeness (QED) is 0.566. The molecule has 0 aliphatic rings. The predicted molar refractivity (Wildman–Crippen MR) is 122 cm³/mol. The van der Waals surface area contributed by atoms with Gasteiger partial charge in [0.2, 0.25) is 15.9 Å². The van der Waals surface area contributed by atoms with Crippen molar-refractivity contribution in [3.05, 3.63) is 66.2 Å². The van der Waals surface area contributed by atoms with E-state index in [0.29, 0.717) is 24.3 Å². The van der Waals surface area contributed by atoms with E-state index in [1.807, 2.05) is 56.3 Å². The van der Waals surface area contributed by atoms with Gasteiger partial charge >= 0.3 is 0 Å². The van der Waals surface area contributed by atoms with E-state index in [9.17, 15) is 13.2 Å². The molecule has 0 aromatic heterocycles. The van der Waals surface area contributed by atoms with Crippen LogP contribution in [0.3, 0.4) is 0 Å². The third-order valence-corrected chi connectivity index (χ3v) is 7.22. The molecule has 0 spiro atoms. The molecule has 0 saturated heterocycles. The van der Waals surface area contributed by atoms with Gasteiger partial charge in [0.25, 0.3) is 0 Å². The van der Waals surface area contributed by atoms with Crippen molar-refractivity contribution in [2.24, 2.45) is 0 Å². The summed E-state index contributed by atoms with van der Waals surface area (Å²) in [7, 11) is -3.57. The van der Waals surface area contributed by atoms with E-state index in [2.05, 4.69) is 10.6 Å². The van der Waals surface area contributed by atoms with Crippen molar-refractivity contribution in [3.63, 3.8) is 0 Å². The van der Waals surface area contributed by atoms with Crippen LogP contribution in [0.5, 0.6) is 0 Å². The fraction of sp³-hybridized carbons (Fsp3) is 0.261. The fourth-order valence-corrected chi connectivity index (χ4v) is 5.11. The van der Waals surface area contributed by atoms with Gasteiger partial charge in [-0.1, -0.05) is 56.3 Å². The van der Waals surface area contributed by atoms with Gasteiger partial charge in [-0.15, -0.1) is 0 Å². The van der Waals surface area contributed by atoms with Crippen LogP contribution in [-0.4, -0.2) is 38.3 Å². The second-order valence-corrected chi connectivity index (χ2v) is 8.90. The van der Waals surface area contributed by atoms with Crippen LogP contribution in [0, 0.1) is 6.92 Å². The number of hydrogen-bond donors (Lipinski definition) is 2. The monoisotopic (exact) mass is 425 g/mol. The van der Waals surface area contributed by atoms with Gasteiger partial charge in [-0.3, -0.25) is 4.79 Å². The van der Waals surface area contributed by atoms with Crippen molar-refractivity contribution in [2.75, 3.05) is 30.3 Å². The molecule has 0 saturated carbocycles. The Balaban J connectivity index is 1.74. The molecule has 3 rings (SSSR count). The molecule has 0 atom stereocenters. The molecule has 0 heterocycles. The largest absolute Gasteiger partial charge is 0.376 e. The van der Waals surface area contributed by atoms with Gasteiger partial charge in [0, 0.05) is 29.9 Å². The standard InChI is InChI=1S/C23H27N3O3S/c1-4-26(5-2)30(28,29)22-15-19(14-13-17(22)3)24-16-23(27)25-21-12-8-10-18-9-6-7-11-20(18)21/h6-15,24H,4-5,16H2,1-3H3,(H,25,27). The average molecular weight is 426 g/mol. The molecule has 2 N–H and O–H groups in total. The van der Waals surface area contributed by atoms with Crippen LogP contribution in [0.1, 0.15) is 19.4 Å². The van der Waals surface area contributed by atoms with Crippen LogP contribution in [0.15, 0.2) is 65.6 Å². The summed E-state index contributed by atoms with van der Waals surface area (Å²) < 4.78 is 27.2. The Morgan fingerprint density at radius 3 is 2.40 bits per heavy atom. The highest BCUT2D eigenvalue weighted by Gasteiger charge is 2.23. The number of sulfonamides is 1. The lowest BCUT2D eigenvalue weighted by atomic mass is 10.1. The van der Waals surface area contributed by atoms with E-state index < -0.39 is 10.0 Å². The van der Waals surface area contributed by atoms with Crippen molar-refractivity contribution < 1.29 is 13.2 Å². The third kappa shape index (κ3) is 4.63. The highest BCUT2D eigenvalue weighted by atomic mass is 32.2. The van der Waals surface area contributed by atoms with E-state index >= 15 is 0 Å². The summed E-state index contributed by atoms with van der Waals surface area (Å²) in [6, 6.07) is 18.7. The molecular weight excluding hydrogens is 398 g/mol. The van der Waals surface area contributed by atoms with Crippen LogP contribution in [0.4, 0.5) is 11.4 Å². The number of fused-ring (bicyclic) bond motifs is 1. The number of aryl methyl sites for hydroxylation is 1. The molecule has 1 amide bonds. The SMILES string of the molecule is CCN(CC)S(=O)(=O)c1cc(NCC(=O)Nc2cccc3ccccc23)ccc1C. The first-order valence-electron chi connectivity index (χ1n) is 9.99.